The SMILES string of the molecule is CC.C[C@@H]1CN(C)C(=O)O[C@@H]1C. The zero-order valence-corrected chi connectivity index (χ0v) is 8.63. The lowest BCUT2D eigenvalue weighted by Crippen LogP contribution is -2.43. The van der Waals surface area contributed by atoms with Gasteiger partial charge in [-0.05, 0) is 6.92 Å². The van der Waals surface area contributed by atoms with Crippen LogP contribution >= 0.6 is 0 Å². The number of amides is 1. The van der Waals surface area contributed by atoms with Gasteiger partial charge in [0.15, 0.2) is 0 Å². The van der Waals surface area contributed by atoms with Gasteiger partial charge < -0.3 is 9.64 Å². The number of carbonyl (C=O) groups excluding carboxylic acids is 1. The highest BCUT2D eigenvalue weighted by Gasteiger charge is 2.26. The Labute approximate surface area is 74.7 Å². The monoisotopic (exact) mass is 173 g/mol. The summed E-state index contributed by atoms with van der Waals surface area (Å²) >= 11 is 0. The van der Waals surface area contributed by atoms with Crippen LogP contribution in [-0.2, 0) is 4.74 Å². The standard InChI is InChI=1S/C7H13NO2.C2H6/c1-5-4-8(3)7(9)10-6(5)2;1-2/h5-6H,4H2,1-3H3;1-2H3/t5-,6-;/m1./s1. The van der Waals surface area contributed by atoms with Gasteiger partial charge in [0.05, 0.1) is 0 Å². The second-order valence-electron chi connectivity index (χ2n) is 2.95. The summed E-state index contributed by atoms with van der Waals surface area (Å²) in [4.78, 5) is 12.5. The molecule has 1 rings (SSSR count). The molecular weight excluding hydrogens is 154 g/mol. The van der Waals surface area contributed by atoms with E-state index in [1.807, 2.05) is 20.8 Å². The fraction of sp³-hybridized carbons (Fsp3) is 0.889. The Kier molecular flexibility index (Phi) is 4.71. The summed E-state index contributed by atoms with van der Waals surface area (Å²) in [5.41, 5.74) is 0. The molecule has 12 heavy (non-hydrogen) atoms. The fourth-order valence-electron chi connectivity index (χ4n) is 1.02. The molecule has 0 aliphatic carbocycles. The normalized spacial score (nSPS) is 28.8. The number of hydrogen-bond acceptors (Lipinski definition) is 2. The van der Waals surface area contributed by atoms with Crippen molar-refractivity contribution in [2.45, 2.75) is 33.8 Å². The van der Waals surface area contributed by atoms with Gasteiger partial charge in [0.1, 0.15) is 6.10 Å². The molecule has 0 unspecified atom stereocenters. The van der Waals surface area contributed by atoms with Crippen LogP contribution in [0.3, 0.4) is 0 Å². The Balaban J connectivity index is 0.000000561. The van der Waals surface area contributed by atoms with Crippen molar-refractivity contribution in [1.82, 2.24) is 4.90 Å². The first kappa shape index (κ1) is 11.3. The molecule has 0 aromatic rings. The maximum Gasteiger partial charge on any atom is 0.409 e. The second-order valence-corrected chi connectivity index (χ2v) is 2.95. The van der Waals surface area contributed by atoms with Gasteiger partial charge in [0, 0.05) is 19.5 Å². The third-order valence-corrected chi connectivity index (χ3v) is 1.96. The molecule has 1 saturated heterocycles. The van der Waals surface area contributed by atoms with E-state index >= 15 is 0 Å². The van der Waals surface area contributed by atoms with Gasteiger partial charge in [-0.15, -0.1) is 0 Å². The number of nitrogens with zero attached hydrogens (tertiary/aromatic N) is 1. The average Bonchev–Trinajstić information content (AvgIpc) is 2.05. The molecule has 0 bridgehead atoms. The molecule has 0 radical (unpaired) electrons. The van der Waals surface area contributed by atoms with Gasteiger partial charge >= 0.3 is 6.09 Å². The minimum Gasteiger partial charge on any atom is -0.446 e. The quantitative estimate of drug-likeness (QED) is 0.561. The predicted molar refractivity (Wildman–Crippen MR) is 49.1 cm³/mol. The summed E-state index contributed by atoms with van der Waals surface area (Å²) in [5, 5.41) is 0. The van der Waals surface area contributed by atoms with Crippen LogP contribution in [0, 0.1) is 5.92 Å². The number of ether oxygens (including phenoxy) is 1. The highest BCUT2D eigenvalue weighted by atomic mass is 16.6. The van der Waals surface area contributed by atoms with Crippen molar-refractivity contribution in [2.24, 2.45) is 5.92 Å². The third-order valence-electron chi connectivity index (χ3n) is 1.96. The van der Waals surface area contributed by atoms with Crippen LogP contribution in [-0.4, -0.2) is 30.7 Å². The molecule has 0 N–H and O–H groups in total. The molecule has 72 valence electrons. The van der Waals surface area contributed by atoms with Gasteiger partial charge in [0.2, 0.25) is 0 Å². The Hall–Kier alpha value is -0.730. The van der Waals surface area contributed by atoms with E-state index in [0.717, 1.165) is 6.54 Å². The molecule has 1 aliphatic rings. The Morgan fingerprint density at radius 1 is 1.42 bits per heavy atom. The first-order valence-electron chi connectivity index (χ1n) is 4.53. The first-order valence-corrected chi connectivity index (χ1v) is 4.53. The molecule has 1 heterocycles. The molecule has 0 aromatic carbocycles. The van der Waals surface area contributed by atoms with Crippen molar-refractivity contribution in [2.75, 3.05) is 13.6 Å². The van der Waals surface area contributed by atoms with Crippen molar-refractivity contribution in [3.05, 3.63) is 0 Å². The zero-order valence-electron chi connectivity index (χ0n) is 8.63. The summed E-state index contributed by atoms with van der Waals surface area (Å²) < 4.78 is 5.00. The predicted octanol–water partition coefficient (Wildman–Crippen LogP) is 2.12. The summed E-state index contributed by atoms with van der Waals surface area (Å²) in [6.07, 6.45) is -0.130. The van der Waals surface area contributed by atoms with Crippen molar-refractivity contribution in [1.29, 1.82) is 0 Å². The van der Waals surface area contributed by atoms with Crippen LogP contribution in [0.15, 0.2) is 0 Å². The molecule has 3 nitrogen and oxygen atoms in total. The lowest BCUT2D eigenvalue weighted by molar-refractivity contribution is 0.0107. The molecule has 1 amide bonds. The van der Waals surface area contributed by atoms with Crippen LogP contribution in [0.4, 0.5) is 4.79 Å². The Morgan fingerprint density at radius 2 is 1.92 bits per heavy atom. The number of rotatable bonds is 0. The number of hydrogen-bond donors (Lipinski definition) is 0. The highest BCUT2D eigenvalue weighted by molar-refractivity contribution is 5.68. The maximum atomic E-state index is 10.9. The van der Waals surface area contributed by atoms with Crippen molar-refractivity contribution in [3.8, 4) is 0 Å². The van der Waals surface area contributed by atoms with Crippen LogP contribution < -0.4 is 0 Å². The Bertz CT molecular complexity index is 147. The van der Waals surface area contributed by atoms with Crippen LogP contribution in [0.5, 0.6) is 0 Å². The minimum absolute atomic E-state index is 0.0729. The van der Waals surface area contributed by atoms with Gasteiger partial charge in [-0.1, -0.05) is 20.8 Å². The van der Waals surface area contributed by atoms with Crippen LogP contribution in [0.25, 0.3) is 0 Å². The number of cyclic esters (lactones) is 1. The topological polar surface area (TPSA) is 29.5 Å². The van der Waals surface area contributed by atoms with E-state index < -0.39 is 0 Å². The van der Waals surface area contributed by atoms with E-state index in [2.05, 4.69) is 6.92 Å². The molecule has 2 atom stereocenters. The lowest BCUT2D eigenvalue weighted by atomic mass is 10.1. The van der Waals surface area contributed by atoms with E-state index in [1.165, 1.54) is 0 Å². The largest absolute Gasteiger partial charge is 0.446 e. The van der Waals surface area contributed by atoms with Gasteiger partial charge in [-0.2, -0.15) is 0 Å². The summed E-state index contributed by atoms with van der Waals surface area (Å²) in [5.74, 6) is 0.447. The molecule has 3 heteroatoms. The van der Waals surface area contributed by atoms with Crippen LogP contribution in [0.1, 0.15) is 27.7 Å². The van der Waals surface area contributed by atoms with E-state index in [-0.39, 0.29) is 12.2 Å². The molecule has 0 aromatic heterocycles. The summed E-state index contributed by atoms with van der Waals surface area (Å²) in [6, 6.07) is 0. The summed E-state index contributed by atoms with van der Waals surface area (Å²) in [7, 11) is 1.75. The average molecular weight is 173 g/mol. The first-order chi connectivity index (χ1) is 5.61. The van der Waals surface area contributed by atoms with E-state index in [1.54, 1.807) is 11.9 Å². The smallest absolute Gasteiger partial charge is 0.409 e. The van der Waals surface area contributed by atoms with E-state index in [0.29, 0.717) is 5.92 Å². The molecule has 0 saturated carbocycles. The second kappa shape index (κ2) is 5.01. The molecule has 1 aliphatic heterocycles. The molecule has 0 spiro atoms. The van der Waals surface area contributed by atoms with Crippen molar-refractivity contribution < 1.29 is 9.53 Å². The van der Waals surface area contributed by atoms with Crippen molar-refractivity contribution in [3.63, 3.8) is 0 Å². The van der Waals surface area contributed by atoms with Crippen molar-refractivity contribution >= 4 is 6.09 Å². The summed E-state index contributed by atoms with van der Waals surface area (Å²) in [6.45, 7) is 8.81. The fourth-order valence-corrected chi connectivity index (χ4v) is 1.02. The molecular formula is C9H19NO2. The minimum atomic E-state index is -0.203. The molecule has 1 fully saturated rings. The van der Waals surface area contributed by atoms with E-state index in [4.69, 9.17) is 4.74 Å². The van der Waals surface area contributed by atoms with Crippen LogP contribution in [0.2, 0.25) is 0 Å². The number of carbonyl (C=O) groups is 1. The third kappa shape index (κ3) is 2.72. The Morgan fingerprint density at radius 3 is 2.33 bits per heavy atom. The van der Waals surface area contributed by atoms with Gasteiger partial charge in [-0.25, -0.2) is 4.79 Å². The van der Waals surface area contributed by atoms with Gasteiger partial charge in [0.25, 0.3) is 0 Å². The maximum absolute atomic E-state index is 10.9. The highest BCUT2D eigenvalue weighted by Crippen LogP contribution is 2.15. The lowest BCUT2D eigenvalue weighted by Gasteiger charge is -2.32. The van der Waals surface area contributed by atoms with E-state index in [9.17, 15) is 4.79 Å². The van der Waals surface area contributed by atoms with Gasteiger partial charge in [-0.3, -0.25) is 0 Å². The zero-order chi connectivity index (χ0) is 9.72.